The Morgan fingerprint density at radius 3 is 2.65 bits per heavy atom. The summed E-state index contributed by atoms with van der Waals surface area (Å²) in [4.78, 5) is 4.37. The lowest BCUT2D eigenvalue weighted by Crippen LogP contribution is -2.37. The van der Waals surface area contributed by atoms with Gasteiger partial charge in [-0.25, -0.2) is 0 Å². The van der Waals surface area contributed by atoms with E-state index in [1.54, 1.807) is 6.20 Å². The molecular formula is C17H28N2O. The lowest BCUT2D eigenvalue weighted by Gasteiger charge is -2.41. The van der Waals surface area contributed by atoms with Crippen LogP contribution in [0.2, 0.25) is 0 Å². The van der Waals surface area contributed by atoms with Gasteiger partial charge in [-0.15, -0.1) is 0 Å². The van der Waals surface area contributed by atoms with Crippen LogP contribution in [0.3, 0.4) is 0 Å². The average molecular weight is 276 g/mol. The predicted molar refractivity (Wildman–Crippen MR) is 83.0 cm³/mol. The van der Waals surface area contributed by atoms with Crippen molar-refractivity contribution < 1.29 is 4.74 Å². The first kappa shape index (κ1) is 15.3. The standard InChI is InChI=1S/C17H28N2O/c1-4-19-16(17(3)9-7-6-8-10-17)14-11-15(20-5-2)13-18-12-14/h11-13,16,19H,4-10H2,1-3H3. The number of ether oxygens (including phenoxy) is 1. The molecule has 3 nitrogen and oxygen atoms in total. The van der Waals surface area contributed by atoms with Crippen LogP contribution in [-0.2, 0) is 0 Å². The third-order valence-electron chi connectivity index (χ3n) is 4.48. The Hall–Kier alpha value is -1.09. The van der Waals surface area contributed by atoms with Gasteiger partial charge in [0.25, 0.3) is 0 Å². The lowest BCUT2D eigenvalue weighted by atomic mass is 9.69. The van der Waals surface area contributed by atoms with Crippen molar-refractivity contribution in [2.45, 2.75) is 58.9 Å². The van der Waals surface area contributed by atoms with Crippen molar-refractivity contribution in [3.05, 3.63) is 24.0 Å². The van der Waals surface area contributed by atoms with Crippen molar-refractivity contribution in [1.29, 1.82) is 0 Å². The number of rotatable bonds is 6. The van der Waals surface area contributed by atoms with E-state index in [1.165, 1.54) is 37.7 Å². The summed E-state index contributed by atoms with van der Waals surface area (Å²) in [6.45, 7) is 8.29. The molecule has 1 fully saturated rings. The van der Waals surface area contributed by atoms with E-state index in [2.05, 4.69) is 30.2 Å². The van der Waals surface area contributed by atoms with E-state index in [0.29, 0.717) is 18.1 Å². The van der Waals surface area contributed by atoms with Crippen LogP contribution in [0.4, 0.5) is 0 Å². The molecular weight excluding hydrogens is 248 g/mol. The van der Waals surface area contributed by atoms with Gasteiger partial charge in [0.2, 0.25) is 0 Å². The Morgan fingerprint density at radius 1 is 1.25 bits per heavy atom. The van der Waals surface area contributed by atoms with Gasteiger partial charge in [-0.2, -0.15) is 0 Å². The summed E-state index contributed by atoms with van der Waals surface area (Å²) >= 11 is 0. The minimum absolute atomic E-state index is 0.334. The monoisotopic (exact) mass is 276 g/mol. The summed E-state index contributed by atoms with van der Waals surface area (Å²) < 4.78 is 5.60. The van der Waals surface area contributed by atoms with Crippen LogP contribution < -0.4 is 10.1 Å². The van der Waals surface area contributed by atoms with Crippen molar-refractivity contribution in [2.24, 2.45) is 5.41 Å². The minimum Gasteiger partial charge on any atom is -0.492 e. The molecule has 1 heterocycles. The zero-order valence-corrected chi connectivity index (χ0v) is 13.1. The van der Waals surface area contributed by atoms with Crippen molar-refractivity contribution >= 4 is 0 Å². The molecule has 20 heavy (non-hydrogen) atoms. The topological polar surface area (TPSA) is 34.2 Å². The number of nitrogens with one attached hydrogen (secondary N) is 1. The van der Waals surface area contributed by atoms with Gasteiger partial charge in [0.1, 0.15) is 5.75 Å². The predicted octanol–water partition coefficient (Wildman–Crippen LogP) is 4.10. The molecule has 1 N–H and O–H groups in total. The van der Waals surface area contributed by atoms with Crippen LogP contribution in [0.1, 0.15) is 64.5 Å². The number of aromatic nitrogens is 1. The number of pyridine rings is 1. The highest BCUT2D eigenvalue weighted by Gasteiger charge is 2.36. The third-order valence-corrected chi connectivity index (χ3v) is 4.48. The zero-order valence-electron chi connectivity index (χ0n) is 13.1. The molecule has 1 aromatic heterocycles. The first-order valence-electron chi connectivity index (χ1n) is 8.00. The van der Waals surface area contributed by atoms with Crippen molar-refractivity contribution in [1.82, 2.24) is 10.3 Å². The Morgan fingerprint density at radius 2 is 2.00 bits per heavy atom. The molecule has 2 rings (SSSR count). The van der Waals surface area contributed by atoms with E-state index < -0.39 is 0 Å². The molecule has 1 aliphatic rings. The molecule has 0 amide bonds. The van der Waals surface area contributed by atoms with Gasteiger partial charge >= 0.3 is 0 Å². The second-order valence-electron chi connectivity index (χ2n) is 6.09. The maximum Gasteiger partial charge on any atom is 0.137 e. The molecule has 0 aromatic carbocycles. The van der Waals surface area contributed by atoms with Gasteiger partial charge in [-0.3, -0.25) is 4.98 Å². The second-order valence-corrected chi connectivity index (χ2v) is 6.09. The molecule has 0 saturated heterocycles. The van der Waals surface area contributed by atoms with Gasteiger partial charge in [-0.1, -0.05) is 33.1 Å². The number of nitrogens with zero attached hydrogens (tertiary/aromatic N) is 1. The normalized spacial score (nSPS) is 19.6. The largest absolute Gasteiger partial charge is 0.492 e. The maximum absolute atomic E-state index is 5.60. The fraction of sp³-hybridized carbons (Fsp3) is 0.706. The first-order valence-corrected chi connectivity index (χ1v) is 8.00. The smallest absolute Gasteiger partial charge is 0.137 e. The zero-order chi connectivity index (χ0) is 14.4. The molecule has 0 spiro atoms. The molecule has 0 aliphatic heterocycles. The highest BCUT2D eigenvalue weighted by molar-refractivity contribution is 5.27. The fourth-order valence-electron chi connectivity index (χ4n) is 3.46. The Balaban J connectivity index is 2.25. The van der Waals surface area contributed by atoms with Gasteiger partial charge in [0.15, 0.2) is 0 Å². The van der Waals surface area contributed by atoms with Crippen LogP contribution in [0.15, 0.2) is 18.5 Å². The van der Waals surface area contributed by atoms with Gasteiger partial charge in [0.05, 0.1) is 12.8 Å². The van der Waals surface area contributed by atoms with Crippen LogP contribution >= 0.6 is 0 Å². The third kappa shape index (κ3) is 3.51. The summed E-state index contributed by atoms with van der Waals surface area (Å²) in [6.07, 6.45) is 10.5. The molecule has 1 atom stereocenters. The van der Waals surface area contributed by atoms with Gasteiger partial charge in [0, 0.05) is 12.2 Å². The number of hydrogen-bond donors (Lipinski definition) is 1. The molecule has 1 aromatic rings. The summed E-state index contributed by atoms with van der Waals surface area (Å²) in [5.41, 5.74) is 1.60. The van der Waals surface area contributed by atoms with E-state index in [4.69, 9.17) is 4.74 Å². The van der Waals surface area contributed by atoms with Gasteiger partial charge in [-0.05, 0) is 43.4 Å². The SMILES string of the molecule is CCNC(c1cncc(OCC)c1)C1(C)CCCCC1. The molecule has 0 bridgehead atoms. The van der Waals surface area contributed by atoms with Gasteiger partial charge < -0.3 is 10.1 Å². The summed E-state index contributed by atoms with van der Waals surface area (Å²) in [5, 5.41) is 3.68. The molecule has 1 saturated carbocycles. The van der Waals surface area contributed by atoms with Crippen molar-refractivity contribution in [3.63, 3.8) is 0 Å². The highest BCUT2D eigenvalue weighted by atomic mass is 16.5. The summed E-state index contributed by atoms with van der Waals surface area (Å²) in [6, 6.07) is 2.53. The van der Waals surface area contributed by atoms with Crippen molar-refractivity contribution in [2.75, 3.05) is 13.2 Å². The molecule has 1 unspecified atom stereocenters. The van der Waals surface area contributed by atoms with Crippen LogP contribution in [0.5, 0.6) is 5.75 Å². The Bertz CT molecular complexity index is 413. The summed E-state index contributed by atoms with van der Waals surface area (Å²) in [7, 11) is 0. The van der Waals surface area contributed by atoms with E-state index in [1.807, 2.05) is 13.1 Å². The van der Waals surface area contributed by atoms with E-state index in [-0.39, 0.29) is 0 Å². The Kier molecular flexibility index (Phi) is 5.41. The molecule has 0 radical (unpaired) electrons. The molecule has 3 heteroatoms. The lowest BCUT2D eigenvalue weighted by molar-refractivity contribution is 0.145. The Labute approximate surface area is 123 Å². The van der Waals surface area contributed by atoms with Crippen LogP contribution in [-0.4, -0.2) is 18.1 Å². The van der Waals surface area contributed by atoms with Crippen LogP contribution in [0, 0.1) is 5.41 Å². The van der Waals surface area contributed by atoms with E-state index in [0.717, 1.165) is 12.3 Å². The highest BCUT2D eigenvalue weighted by Crippen LogP contribution is 2.45. The maximum atomic E-state index is 5.60. The average Bonchev–Trinajstić information content (AvgIpc) is 2.46. The second kappa shape index (κ2) is 7.07. The fourth-order valence-corrected chi connectivity index (χ4v) is 3.46. The molecule has 112 valence electrons. The number of hydrogen-bond acceptors (Lipinski definition) is 3. The van der Waals surface area contributed by atoms with Crippen molar-refractivity contribution in [3.8, 4) is 5.75 Å². The first-order chi connectivity index (χ1) is 9.69. The minimum atomic E-state index is 0.334. The quantitative estimate of drug-likeness (QED) is 0.849. The van der Waals surface area contributed by atoms with Crippen LogP contribution in [0.25, 0.3) is 0 Å². The van der Waals surface area contributed by atoms with E-state index >= 15 is 0 Å². The molecule has 1 aliphatic carbocycles. The van der Waals surface area contributed by atoms with E-state index in [9.17, 15) is 0 Å². The summed E-state index contributed by atoms with van der Waals surface area (Å²) in [5.74, 6) is 0.882.